The zero-order valence-electron chi connectivity index (χ0n) is 15.4. The second-order valence-electron chi connectivity index (χ2n) is 6.74. The Morgan fingerprint density at radius 3 is 2.44 bits per heavy atom. The molecule has 138 valence electrons. The summed E-state index contributed by atoms with van der Waals surface area (Å²) in [5, 5.41) is 5.39. The SMILES string of the molecule is CSc1ccc(CN(C)[C@H](C)C(=O)NC(=O)NC2CCCCC2)cc1. The summed E-state index contributed by atoms with van der Waals surface area (Å²) in [6.07, 6.45) is 7.58. The van der Waals surface area contributed by atoms with Gasteiger partial charge in [0.15, 0.2) is 0 Å². The molecule has 1 atom stereocenters. The predicted molar refractivity (Wildman–Crippen MR) is 103 cm³/mol. The van der Waals surface area contributed by atoms with Crippen LogP contribution in [-0.2, 0) is 11.3 Å². The normalized spacial score (nSPS) is 16.5. The Morgan fingerprint density at radius 1 is 1.20 bits per heavy atom. The summed E-state index contributed by atoms with van der Waals surface area (Å²) in [6.45, 7) is 2.48. The number of carbonyl (C=O) groups is 2. The van der Waals surface area contributed by atoms with Crippen LogP contribution in [0.1, 0.15) is 44.6 Å². The van der Waals surface area contributed by atoms with Crippen LogP contribution < -0.4 is 10.6 Å². The van der Waals surface area contributed by atoms with Crippen LogP contribution in [-0.4, -0.2) is 42.2 Å². The monoisotopic (exact) mass is 363 g/mol. The van der Waals surface area contributed by atoms with Crippen molar-refractivity contribution in [2.24, 2.45) is 0 Å². The van der Waals surface area contributed by atoms with E-state index in [1.54, 1.807) is 11.8 Å². The zero-order valence-corrected chi connectivity index (χ0v) is 16.2. The summed E-state index contributed by atoms with van der Waals surface area (Å²) in [5.41, 5.74) is 1.15. The third kappa shape index (κ3) is 6.36. The first-order valence-corrected chi connectivity index (χ1v) is 10.2. The fourth-order valence-electron chi connectivity index (χ4n) is 3.04. The molecule has 1 aromatic rings. The number of hydrogen-bond acceptors (Lipinski definition) is 4. The van der Waals surface area contributed by atoms with Gasteiger partial charge in [0.2, 0.25) is 5.91 Å². The second-order valence-corrected chi connectivity index (χ2v) is 7.62. The molecule has 2 rings (SSSR count). The van der Waals surface area contributed by atoms with Crippen LogP contribution in [0.2, 0.25) is 0 Å². The van der Waals surface area contributed by atoms with E-state index in [1.165, 1.54) is 11.3 Å². The van der Waals surface area contributed by atoms with E-state index >= 15 is 0 Å². The van der Waals surface area contributed by atoms with Gasteiger partial charge >= 0.3 is 6.03 Å². The first-order chi connectivity index (χ1) is 12.0. The summed E-state index contributed by atoms with van der Waals surface area (Å²) < 4.78 is 0. The van der Waals surface area contributed by atoms with Crippen LogP contribution in [0.15, 0.2) is 29.2 Å². The third-order valence-corrected chi connectivity index (χ3v) is 5.55. The van der Waals surface area contributed by atoms with Gasteiger partial charge in [0, 0.05) is 17.5 Å². The molecule has 0 saturated heterocycles. The number of benzene rings is 1. The molecule has 0 bridgehead atoms. The minimum absolute atomic E-state index is 0.199. The number of urea groups is 1. The maximum absolute atomic E-state index is 12.3. The number of likely N-dealkylation sites (N-methyl/N-ethyl adjacent to an activating group) is 1. The van der Waals surface area contributed by atoms with E-state index in [0.717, 1.165) is 31.2 Å². The zero-order chi connectivity index (χ0) is 18.2. The second kappa shape index (κ2) is 9.82. The molecule has 0 aromatic heterocycles. The number of hydrogen-bond donors (Lipinski definition) is 2. The lowest BCUT2D eigenvalue weighted by Crippen LogP contribution is -2.50. The van der Waals surface area contributed by atoms with Crippen molar-refractivity contribution >= 4 is 23.7 Å². The van der Waals surface area contributed by atoms with Crippen molar-refractivity contribution in [1.82, 2.24) is 15.5 Å². The Balaban J connectivity index is 1.79. The molecule has 5 nitrogen and oxygen atoms in total. The van der Waals surface area contributed by atoms with Gasteiger partial charge in [-0.15, -0.1) is 11.8 Å². The van der Waals surface area contributed by atoms with Gasteiger partial charge < -0.3 is 5.32 Å². The highest BCUT2D eigenvalue weighted by Gasteiger charge is 2.22. The summed E-state index contributed by atoms with van der Waals surface area (Å²) in [7, 11) is 1.89. The molecule has 6 heteroatoms. The topological polar surface area (TPSA) is 61.4 Å². The Kier molecular flexibility index (Phi) is 7.78. The van der Waals surface area contributed by atoms with E-state index in [9.17, 15) is 9.59 Å². The standard InChI is InChI=1S/C19H29N3O2S/c1-14(22(2)13-15-9-11-17(25-3)12-10-15)18(23)21-19(24)20-16-7-5-4-6-8-16/h9-12,14,16H,4-8,13H2,1-3H3,(H2,20,21,23,24)/t14-/m1/s1. The van der Waals surface area contributed by atoms with Crippen molar-refractivity contribution in [1.29, 1.82) is 0 Å². The van der Waals surface area contributed by atoms with E-state index in [-0.39, 0.29) is 24.0 Å². The number of amides is 3. The fraction of sp³-hybridized carbons (Fsp3) is 0.579. The lowest BCUT2D eigenvalue weighted by Gasteiger charge is -2.25. The van der Waals surface area contributed by atoms with Gasteiger partial charge in [0.1, 0.15) is 0 Å². The largest absolute Gasteiger partial charge is 0.335 e. The van der Waals surface area contributed by atoms with Crippen LogP contribution >= 0.6 is 11.8 Å². The van der Waals surface area contributed by atoms with Gasteiger partial charge in [-0.1, -0.05) is 31.4 Å². The average Bonchev–Trinajstić information content (AvgIpc) is 2.62. The van der Waals surface area contributed by atoms with Crippen molar-refractivity contribution in [3.8, 4) is 0 Å². The summed E-state index contributed by atoms with van der Waals surface area (Å²) in [6, 6.07) is 7.75. The third-order valence-electron chi connectivity index (χ3n) is 4.81. The molecular formula is C19H29N3O2S. The van der Waals surface area contributed by atoms with Crippen molar-refractivity contribution in [3.05, 3.63) is 29.8 Å². The Hall–Kier alpha value is -1.53. The van der Waals surface area contributed by atoms with E-state index < -0.39 is 0 Å². The van der Waals surface area contributed by atoms with Crippen LogP contribution in [0, 0.1) is 0 Å². The minimum atomic E-state index is -0.377. The summed E-state index contributed by atoms with van der Waals surface area (Å²) in [4.78, 5) is 27.5. The molecule has 25 heavy (non-hydrogen) atoms. The van der Waals surface area contributed by atoms with E-state index in [1.807, 2.05) is 25.1 Å². The Bertz CT molecular complexity index is 571. The highest BCUT2D eigenvalue weighted by Crippen LogP contribution is 2.17. The first-order valence-electron chi connectivity index (χ1n) is 8.94. The molecule has 1 saturated carbocycles. The Morgan fingerprint density at radius 2 is 1.84 bits per heavy atom. The van der Waals surface area contributed by atoms with Gasteiger partial charge in [0.05, 0.1) is 6.04 Å². The minimum Gasteiger partial charge on any atom is -0.335 e. The lowest BCUT2D eigenvalue weighted by atomic mass is 9.96. The maximum atomic E-state index is 12.3. The first kappa shape index (κ1) is 19.8. The van der Waals surface area contributed by atoms with E-state index in [2.05, 4.69) is 34.9 Å². The molecule has 2 N–H and O–H groups in total. The van der Waals surface area contributed by atoms with E-state index in [0.29, 0.717) is 6.54 Å². The van der Waals surface area contributed by atoms with Crippen molar-refractivity contribution in [2.75, 3.05) is 13.3 Å². The molecule has 0 spiro atoms. The van der Waals surface area contributed by atoms with Crippen LogP contribution in [0.4, 0.5) is 4.79 Å². The molecule has 3 amide bonds. The van der Waals surface area contributed by atoms with Crippen molar-refractivity contribution in [2.45, 2.75) is 62.6 Å². The number of imide groups is 1. The summed E-state index contributed by atoms with van der Waals surface area (Å²) >= 11 is 1.71. The fourth-order valence-corrected chi connectivity index (χ4v) is 3.45. The van der Waals surface area contributed by atoms with Gasteiger partial charge in [-0.2, -0.15) is 0 Å². The van der Waals surface area contributed by atoms with Crippen LogP contribution in [0.25, 0.3) is 0 Å². The molecule has 0 aliphatic heterocycles. The van der Waals surface area contributed by atoms with Crippen LogP contribution in [0.3, 0.4) is 0 Å². The van der Waals surface area contributed by atoms with E-state index in [4.69, 9.17) is 0 Å². The molecule has 1 fully saturated rings. The predicted octanol–water partition coefficient (Wildman–Crippen LogP) is 3.39. The Labute approximate surface area is 154 Å². The highest BCUT2D eigenvalue weighted by atomic mass is 32.2. The maximum Gasteiger partial charge on any atom is 0.321 e. The van der Waals surface area contributed by atoms with Crippen molar-refractivity contribution < 1.29 is 9.59 Å². The molecule has 1 aliphatic rings. The molecule has 0 unspecified atom stereocenters. The van der Waals surface area contributed by atoms with Crippen LogP contribution in [0.5, 0.6) is 0 Å². The van der Waals surface area contributed by atoms with Crippen molar-refractivity contribution in [3.63, 3.8) is 0 Å². The van der Waals surface area contributed by atoms with Gasteiger partial charge in [-0.05, 0) is 50.8 Å². The number of thioether (sulfide) groups is 1. The lowest BCUT2D eigenvalue weighted by molar-refractivity contribution is -0.124. The smallest absolute Gasteiger partial charge is 0.321 e. The number of nitrogens with zero attached hydrogens (tertiary/aromatic N) is 1. The summed E-state index contributed by atoms with van der Waals surface area (Å²) in [5.74, 6) is -0.267. The molecule has 0 heterocycles. The molecule has 0 radical (unpaired) electrons. The number of rotatable bonds is 6. The molecule has 1 aromatic carbocycles. The molecular weight excluding hydrogens is 334 g/mol. The van der Waals surface area contributed by atoms with Gasteiger partial charge in [-0.3, -0.25) is 15.0 Å². The molecule has 1 aliphatic carbocycles. The van der Waals surface area contributed by atoms with Gasteiger partial charge in [-0.25, -0.2) is 4.79 Å². The average molecular weight is 364 g/mol. The highest BCUT2D eigenvalue weighted by molar-refractivity contribution is 7.98. The quantitative estimate of drug-likeness (QED) is 0.761. The number of carbonyl (C=O) groups excluding carboxylic acids is 2. The number of nitrogens with one attached hydrogen (secondary N) is 2. The van der Waals surface area contributed by atoms with Gasteiger partial charge in [0.25, 0.3) is 0 Å².